The van der Waals surface area contributed by atoms with Gasteiger partial charge in [-0.1, -0.05) is 22.0 Å². The number of rotatable bonds is 3. The smallest absolute Gasteiger partial charge is 0.358 e. The molecule has 0 radical (unpaired) electrons. The van der Waals surface area contributed by atoms with E-state index in [1.165, 1.54) is 11.3 Å². The number of thiazole rings is 1. The van der Waals surface area contributed by atoms with Crippen molar-refractivity contribution < 1.29 is 9.53 Å². The van der Waals surface area contributed by atoms with Gasteiger partial charge in [-0.3, -0.25) is 0 Å². The van der Waals surface area contributed by atoms with Gasteiger partial charge in [0.1, 0.15) is 5.01 Å². The minimum atomic E-state index is -0.351. The SMILES string of the molecule is CCOC(=O)c1nc(-c2ccc(Br)c(C)c2)sc1C. The number of carbonyl (C=O) groups excluding carboxylic acids is 1. The van der Waals surface area contributed by atoms with Crippen molar-refractivity contribution in [2.45, 2.75) is 20.8 Å². The van der Waals surface area contributed by atoms with Gasteiger partial charge in [0.05, 0.1) is 6.61 Å². The average molecular weight is 340 g/mol. The number of ether oxygens (including phenoxy) is 1. The number of hydrogen-bond acceptors (Lipinski definition) is 4. The van der Waals surface area contributed by atoms with Gasteiger partial charge in [0.15, 0.2) is 5.69 Å². The molecule has 0 unspecified atom stereocenters. The molecular formula is C14H14BrNO2S. The Kier molecular flexibility index (Phi) is 4.37. The first-order chi connectivity index (χ1) is 9.02. The molecule has 0 amide bonds. The Labute approximate surface area is 124 Å². The van der Waals surface area contributed by atoms with E-state index in [1.807, 2.05) is 26.0 Å². The number of carbonyl (C=O) groups is 1. The van der Waals surface area contributed by atoms with E-state index in [4.69, 9.17) is 4.74 Å². The third-order valence-corrected chi connectivity index (χ3v) is 4.58. The minimum Gasteiger partial charge on any atom is -0.461 e. The van der Waals surface area contributed by atoms with E-state index in [0.717, 1.165) is 25.5 Å². The molecule has 1 heterocycles. The van der Waals surface area contributed by atoms with Crippen molar-refractivity contribution in [2.24, 2.45) is 0 Å². The Hall–Kier alpha value is -1.20. The van der Waals surface area contributed by atoms with Crippen molar-refractivity contribution in [1.29, 1.82) is 0 Å². The largest absolute Gasteiger partial charge is 0.461 e. The van der Waals surface area contributed by atoms with Crippen LogP contribution in [0.2, 0.25) is 0 Å². The number of benzene rings is 1. The lowest BCUT2D eigenvalue weighted by Crippen LogP contribution is -2.06. The summed E-state index contributed by atoms with van der Waals surface area (Å²) in [7, 11) is 0. The highest BCUT2D eigenvalue weighted by molar-refractivity contribution is 9.10. The van der Waals surface area contributed by atoms with E-state index in [2.05, 4.69) is 27.0 Å². The fourth-order valence-corrected chi connectivity index (χ4v) is 2.83. The standard InChI is InChI=1S/C14H14BrNO2S/c1-4-18-14(17)12-9(3)19-13(16-12)10-5-6-11(15)8(2)7-10/h5-7H,4H2,1-3H3. The van der Waals surface area contributed by atoms with Crippen LogP contribution in [0.25, 0.3) is 10.6 Å². The van der Waals surface area contributed by atoms with E-state index >= 15 is 0 Å². The van der Waals surface area contributed by atoms with Crippen LogP contribution in [0.3, 0.4) is 0 Å². The number of hydrogen-bond donors (Lipinski definition) is 0. The molecule has 19 heavy (non-hydrogen) atoms. The van der Waals surface area contributed by atoms with Crippen LogP contribution in [0.4, 0.5) is 0 Å². The third kappa shape index (κ3) is 3.04. The lowest BCUT2D eigenvalue weighted by Gasteiger charge is -2.01. The molecule has 5 heteroatoms. The first kappa shape index (κ1) is 14.2. The highest BCUT2D eigenvalue weighted by Gasteiger charge is 2.17. The monoisotopic (exact) mass is 339 g/mol. The quantitative estimate of drug-likeness (QED) is 0.779. The van der Waals surface area contributed by atoms with Gasteiger partial charge in [-0.15, -0.1) is 11.3 Å². The highest BCUT2D eigenvalue weighted by Crippen LogP contribution is 2.30. The molecule has 0 aliphatic rings. The fourth-order valence-electron chi connectivity index (χ4n) is 1.69. The summed E-state index contributed by atoms with van der Waals surface area (Å²) in [5, 5.41) is 0.844. The predicted octanol–water partition coefficient (Wildman–Crippen LogP) is 4.37. The Morgan fingerprint density at radius 2 is 2.16 bits per heavy atom. The van der Waals surface area contributed by atoms with Crippen molar-refractivity contribution in [3.63, 3.8) is 0 Å². The lowest BCUT2D eigenvalue weighted by atomic mass is 10.1. The zero-order valence-electron chi connectivity index (χ0n) is 11.0. The average Bonchev–Trinajstić information content (AvgIpc) is 2.75. The molecule has 0 fully saturated rings. The van der Waals surface area contributed by atoms with E-state index in [1.54, 1.807) is 6.92 Å². The van der Waals surface area contributed by atoms with Gasteiger partial charge in [-0.25, -0.2) is 9.78 Å². The molecule has 2 rings (SSSR count). The summed E-state index contributed by atoms with van der Waals surface area (Å²) in [6.07, 6.45) is 0. The molecule has 0 aliphatic heterocycles. The summed E-state index contributed by atoms with van der Waals surface area (Å²) in [5.74, 6) is -0.351. The van der Waals surface area contributed by atoms with Crippen LogP contribution in [0.1, 0.15) is 27.9 Å². The van der Waals surface area contributed by atoms with E-state index in [0.29, 0.717) is 12.3 Å². The summed E-state index contributed by atoms with van der Waals surface area (Å²) in [6.45, 7) is 6.07. The van der Waals surface area contributed by atoms with Gasteiger partial charge >= 0.3 is 5.97 Å². The molecule has 3 nitrogen and oxygen atoms in total. The van der Waals surface area contributed by atoms with E-state index in [9.17, 15) is 4.79 Å². The zero-order valence-corrected chi connectivity index (χ0v) is 13.4. The lowest BCUT2D eigenvalue weighted by molar-refractivity contribution is 0.0519. The van der Waals surface area contributed by atoms with Crippen molar-refractivity contribution in [3.8, 4) is 10.6 Å². The molecule has 0 aliphatic carbocycles. The van der Waals surface area contributed by atoms with Crippen molar-refractivity contribution in [2.75, 3.05) is 6.61 Å². The summed E-state index contributed by atoms with van der Waals surface area (Å²) in [6, 6.07) is 6.03. The third-order valence-electron chi connectivity index (χ3n) is 2.67. The molecule has 0 saturated carbocycles. The molecule has 0 saturated heterocycles. The Morgan fingerprint density at radius 1 is 1.42 bits per heavy atom. The summed E-state index contributed by atoms with van der Waals surface area (Å²) < 4.78 is 6.06. The Morgan fingerprint density at radius 3 is 2.79 bits per heavy atom. The number of esters is 1. The zero-order chi connectivity index (χ0) is 14.0. The van der Waals surface area contributed by atoms with Crippen LogP contribution in [-0.2, 0) is 4.74 Å². The summed E-state index contributed by atoms with van der Waals surface area (Å²) in [5.41, 5.74) is 2.58. The summed E-state index contributed by atoms with van der Waals surface area (Å²) in [4.78, 5) is 17.0. The van der Waals surface area contributed by atoms with Gasteiger partial charge in [-0.2, -0.15) is 0 Å². The molecule has 0 N–H and O–H groups in total. The second-order valence-electron chi connectivity index (χ2n) is 4.11. The molecule has 0 atom stereocenters. The van der Waals surface area contributed by atoms with E-state index < -0.39 is 0 Å². The highest BCUT2D eigenvalue weighted by atomic mass is 79.9. The normalized spacial score (nSPS) is 10.5. The molecular weight excluding hydrogens is 326 g/mol. The van der Waals surface area contributed by atoms with Crippen molar-refractivity contribution >= 4 is 33.2 Å². The van der Waals surface area contributed by atoms with Crippen LogP contribution in [0, 0.1) is 13.8 Å². The maximum Gasteiger partial charge on any atom is 0.358 e. The second-order valence-corrected chi connectivity index (χ2v) is 6.17. The maximum absolute atomic E-state index is 11.7. The van der Waals surface area contributed by atoms with Crippen LogP contribution in [0.5, 0.6) is 0 Å². The fraction of sp³-hybridized carbons (Fsp3) is 0.286. The van der Waals surface area contributed by atoms with Gasteiger partial charge in [0, 0.05) is 14.9 Å². The predicted molar refractivity (Wildman–Crippen MR) is 80.7 cm³/mol. The number of halogens is 1. The van der Waals surface area contributed by atoms with Gasteiger partial charge in [-0.05, 0) is 38.5 Å². The van der Waals surface area contributed by atoms with Gasteiger partial charge < -0.3 is 4.74 Å². The van der Waals surface area contributed by atoms with Crippen LogP contribution < -0.4 is 0 Å². The van der Waals surface area contributed by atoms with Gasteiger partial charge in [0.2, 0.25) is 0 Å². The minimum absolute atomic E-state index is 0.351. The molecule has 1 aromatic carbocycles. The number of aromatic nitrogens is 1. The van der Waals surface area contributed by atoms with E-state index in [-0.39, 0.29) is 5.97 Å². The molecule has 0 bridgehead atoms. The topological polar surface area (TPSA) is 39.2 Å². The first-order valence-electron chi connectivity index (χ1n) is 5.94. The summed E-state index contributed by atoms with van der Waals surface area (Å²) >= 11 is 4.98. The molecule has 100 valence electrons. The van der Waals surface area contributed by atoms with Crippen LogP contribution in [0.15, 0.2) is 22.7 Å². The van der Waals surface area contributed by atoms with Crippen molar-refractivity contribution in [1.82, 2.24) is 4.98 Å². The first-order valence-corrected chi connectivity index (χ1v) is 7.55. The molecule has 1 aromatic heterocycles. The number of aryl methyl sites for hydroxylation is 2. The number of nitrogens with zero attached hydrogens (tertiary/aromatic N) is 1. The Bertz CT molecular complexity index is 622. The maximum atomic E-state index is 11.7. The van der Waals surface area contributed by atoms with Crippen LogP contribution in [-0.4, -0.2) is 17.6 Å². The second kappa shape index (κ2) is 5.84. The van der Waals surface area contributed by atoms with Crippen LogP contribution >= 0.6 is 27.3 Å². The van der Waals surface area contributed by atoms with Gasteiger partial charge in [0.25, 0.3) is 0 Å². The molecule has 2 aromatic rings. The molecule has 0 spiro atoms. The Balaban J connectivity index is 2.38. The van der Waals surface area contributed by atoms with Crippen molar-refractivity contribution in [3.05, 3.63) is 38.8 Å².